The van der Waals surface area contributed by atoms with E-state index in [0.717, 1.165) is 25.1 Å². The smallest absolute Gasteiger partial charge is 0.233 e. The lowest BCUT2D eigenvalue weighted by atomic mass is 10.0. The number of aryl methyl sites for hydroxylation is 1. The number of carbonyl (C=O) groups excluding carboxylic acids is 1. The third-order valence-electron chi connectivity index (χ3n) is 3.22. The number of hydrogen-bond donors (Lipinski definition) is 2. The van der Waals surface area contributed by atoms with Gasteiger partial charge in [-0.05, 0) is 36.6 Å². The Labute approximate surface area is 116 Å². The topological polar surface area (TPSA) is 58.4 Å². The zero-order chi connectivity index (χ0) is 14.3. The Morgan fingerprint density at radius 1 is 1.42 bits per heavy atom. The summed E-state index contributed by atoms with van der Waals surface area (Å²) in [4.78, 5) is 13.7. The Hall–Kier alpha value is -1.39. The van der Waals surface area contributed by atoms with Gasteiger partial charge in [-0.3, -0.25) is 9.69 Å². The Bertz CT molecular complexity index is 418. The van der Waals surface area contributed by atoms with Gasteiger partial charge >= 0.3 is 0 Å². The first kappa shape index (κ1) is 15.7. The molecule has 3 N–H and O–H groups in total. The highest BCUT2D eigenvalue weighted by atomic mass is 16.1. The van der Waals surface area contributed by atoms with Crippen molar-refractivity contribution >= 4 is 5.91 Å². The van der Waals surface area contributed by atoms with Crippen LogP contribution in [0.5, 0.6) is 0 Å². The van der Waals surface area contributed by atoms with Gasteiger partial charge in [-0.2, -0.15) is 0 Å². The van der Waals surface area contributed by atoms with Gasteiger partial charge in [0.1, 0.15) is 0 Å². The van der Waals surface area contributed by atoms with Crippen molar-refractivity contribution in [2.75, 3.05) is 20.1 Å². The summed E-state index contributed by atoms with van der Waals surface area (Å²) in [5, 5.41) is 2.68. The number of likely N-dealkylation sites (N-methyl/N-ethyl adjacent to an activating group) is 1. The molecular formula is C15H25N3O. The van der Waals surface area contributed by atoms with Gasteiger partial charge in [0.2, 0.25) is 5.91 Å². The minimum Gasteiger partial charge on any atom is -0.358 e. The SMILES string of the molecule is CCCN(CC(=O)NC)Cc1ccc(CN)cc1C. The molecular weight excluding hydrogens is 238 g/mol. The average molecular weight is 263 g/mol. The van der Waals surface area contributed by atoms with Gasteiger partial charge in [0.05, 0.1) is 6.54 Å². The predicted octanol–water partition coefficient (Wildman–Crippen LogP) is 1.41. The maximum Gasteiger partial charge on any atom is 0.233 e. The summed E-state index contributed by atoms with van der Waals surface area (Å²) in [5.41, 5.74) is 9.28. The van der Waals surface area contributed by atoms with Gasteiger partial charge in [-0.15, -0.1) is 0 Å². The van der Waals surface area contributed by atoms with Crippen LogP contribution in [-0.2, 0) is 17.9 Å². The van der Waals surface area contributed by atoms with Crippen LogP contribution in [0.1, 0.15) is 30.0 Å². The molecule has 1 rings (SSSR count). The maximum absolute atomic E-state index is 11.5. The lowest BCUT2D eigenvalue weighted by molar-refractivity contribution is -0.121. The van der Waals surface area contributed by atoms with Crippen LogP contribution < -0.4 is 11.1 Å². The number of benzene rings is 1. The molecule has 0 spiro atoms. The van der Waals surface area contributed by atoms with E-state index in [1.807, 2.05) is 0 Å². The van der Waals surface area contributed by atoms with E-state index in [-0.39, 0.29) is 5.91 Å². The molecule has 0 unspecified atom stereocenters. The van der Waals surface area contributed by atoms with E-state index in [1.165, 1.54) is 11.1 Å². The van der Waals surface area contributed by atoms with E-state index in [0.29, 0.717) is 13.1 Å². The van der Waals surface area contributed by atoms with Crippen LogP contribution in [0.3, 0.4) is 0 Å². The van der Waals surface area contributed by atoms with Crippen LogP contribution in [0.4, 0.5) is 0 Å². The van der Waals surface area contributed by atoms with Crippen LogP contribution in [0, 0.1) is 6.92 Å². The lowest BCUT2D eigenvalue weighted by Crippen LogP contribution is -2.35. The van der Waals surface area contributed by atoms with E-state index in [2.05, 4.69) is 42.3 Å². The van der Waals surface area contributed by atoms with Crippen molar-refractivity contribution in [3.63, 3.8) is 0 Å². The third kappa shape index (κ3) is 5.01. The molecule has 0 radical (unpaired) electrons. The molecule has 106 valence electrons. The predicted molar refractivity (Wildman–Crippen MR) is 78.7 cm³/mol. The Balaban J connectivity index is 2.75. The summed E-state index contributed by atoms with van der Waals surface area (Å²) < 4.78 is 0. The van der Waals surface area contributed by atoms with E-state index in [9.17, 15) is 4.79 Å². The third-order valence-corrected chi connectivity index (χ3v) is 3.22. The van der Waals surface area contributed by atoms with E-state index in [4.69, 9.17) is 5.73 Å². The van der Waals surface area contributed by atoms with Crippen molar-refractivity contribution in [2.24, 2.45) is 5.73 Å². The Kier molecular flexibility index (Phi) is 6.53. The van der Waals surface area contributed by atoms with Crippen molar-refractivity contribution in [3.05, 3.63) is 34.9 Å². The van der Waals surface area contributed by atoms with Gasteiger partial charge in [0.15, 0.2) is 0 Å². The second kappa shape index (κ2) is 7.92. The molecule has 0 bridgehead atoms. The highest BCUT2D eigenvalue weighted by molar-refractivity contribution is 5.77. The number of amides is 1. The quantitative estimate of drug-likeness (QED) is 0.782. The lowest BCUT2D eigenvalue weighted by Gasteiger charge is -2.22. The van der Waals surface area contributed by atoms with E-state index < -0.39 is 0 Å². The minimum atomic E-state index is 0.0599. The Morgan fingerprint density at radius 2 is 2.16 bits per heavy atom. The number of nitrogens with one attached hydrogen (secondary N) is 1. The number of rotatable bonds is 7. The first-order valence-corrected chi connectivity index (χ1v) is 6.82. The number of hydrogen-bond acceptors (Lipinski definition) is 3. The number of carbonyl (C=O) groups is 1. The molecule has 0 saturated heterocycles. The fourth-order valence-electron chi connectivity index (χ4n) is 2.12. The second-order valence-corrected chi connectivity index (χ2v) is 4.85. The van der Waals surface area contributed by atoms with Crippen LogP contribution in [-0.4, -0.2) is 30.9 Å². The Morgan fingerprint density at radius 3 is 2.68 bits per heavy atom. The maximum atomic E-state index is 11.5. The van der Waals surface area contributed by atoms with Gasteiger partial charge < -0.3 is 11.1 Å². The van der Waals surface area contributed by atoms with Crippen molar-refractivity contribution in [2.45, 2.75) is 33.4 Å². The van der Waals surface area contributed by atoms with Crippen LogP contribution >= 0.6 is 0 Å². The van der Waals surface area contributed by atoms with Gasteiger partial charge in [0.25, 0.3) is 0 Å². The van der Waals surface area contributed by atoms with Crippen LogP contribution in [0.2, 0.25) is 0 Å². The molecule has 4 heteroatoms. The first-order chi connectivity index (χ1) is 9.10. The number of nitrogens with zero attached hydrogens (tertiary/aromatic N) is 1. The molecule has 0 aromatic heterocycles. The van der Waals surface area contributed by atoms with Crippen molar-refractivity contribution in [1.82, 2.24) is 10.2 Å². The molecule has 1 aromatic rings. The van der Waals surface area contributed by atoms with E-state index in [1.54, 1.807) is 7.05 Å². The summed E-state index contributed by atoms with van der Waals surface area (Å²) in [7, 11) is 1.67. The molecule has 0 fully saturated rings. The fourth-order valence-corrected chi connectivity index (χ4v) is 2.12. The fraction of sp³-hybridized carbons (Fsp3) is 0.533. The van der Waals surface area contributed by atoms with Gasteiger partial charge in [-0.1, -0.05) is 25.1 Å². The molecule has 0 saturated carbocycles. The second-order valence-electron chi connectivity index (χ2n) is 4.85. The molecule has 1 amide bonds. The molecule has 19 heavy (non-hydrogen) atoms. The van der Waals surface area contributed by atoms with Gasteiger partial charge in [-0.25, -0.2) is 0 Å². The summed E-state index contributed by atoms with van der Waals surface area (Å²) in [6.07, 6.45) is 1.04. The standard InChI is InChI=1S/C15H25N3O/c1-4-7-18(11-15(19)17-3)10-14-6-5-13(9-16)8-12(14)2/h5-6,8H,4,7,9-11,16H2,1-3H3,(H,17,19). The van der Waals surface area contributed by atoms with E-state index >= 15 is 0 Å². The molecule has 0 aliphatic carbocycles. The molecule has 4 nitrogen and oxygen atoms in total. The zero-order valence-corrected chi connectivity index (χ0v) is 12.2. The summed E-state index contributed by atoms with van der Waals surface area (Å²) >= 11 is 0. The summed E-state index contributed by atoms with van der Waals surface area (Å²) in [5.74, 6) is 0.0599. The highest BCUT2D eigenvalue weighted by Crippen LogP contribution is 2.13. The molecule has 1 aromatic carbocycles. The molecule has 0 aliphatic heterocycles. The largest absolute Gasteiger partial charge is 0.358 e. The number of nitrogens with two attached hydrogens (primary N) is 1. The van der Waals surface area contributed by atoms with Crippen molar-refractivity contribution < 1.29 is 4.79 Å². The van der Waals surface area contributed by atoms with Gasteiger partial charge in [0, 0.05) is 20.1 Å². The first-order valence-electron chi connectivity index (χ1n) is 6.82. The van der Waals surface area contributed by atoms with Crippen molar-refractivity contribution in [3.8, 4) is 0 Å². The minimum absolute atomic E-state index is 0.0599. The van der Waals surface area contributed by atoms with Crippen LogP contribution in [0.15, 0.2) is 18.2 Å². The molecule has 0 atom stereocenters. The molecule has 0 aliphatic rings. The summed E-state index contributed by atoms with van der Waals surface area (Å²) in [6, 6.07) is 6.30. The normalized spacial score (nSPS) is 10.8. The average Bonchev–Trinajstić information content (AvgIpc) is 2.41. The van der Waals surface area contributed by atoms with Crippen LogP contribution in [0.25, 0.3) is 0 Å². The monoisotopic (exact) mass is 263 g/mol. The zero-order valence-electron chi connectivity index (χ0n) is 12.2. The highest BCUT2D eigenvalue weighted by Gasteiger charge is 2.10. The van der Waals surface area contributed by atoms with Crippen molar-refractivity contribution in [1.29, 1.82) is 0 Å². The molecule has 0 heterocycles. The summed E-state index contributed by atoms with van der Waals surface area (Å²) in [6.45, 7) is 6.96.